The fourth-order valence-electron chi connectivity index (χ4n) is 0.579. The molecule has 1 aromatic rings. The fraction of sp³-hybridized carbons (Fsp3) is 0. The number of anilines is 1. The van der Waals surface area contributed by atoms with Gasteiger partial charge < -0.3 is 10.8 Å². The van der Waals surface area contributed by atoms with E-state index in [1.165, 1.54) is 6.07 Å². The number of nitrogens with one attached hydrogen (secondary N) is 1. The molecule has 6 heteroatoms. The van der Waals surface area contributed by atoms with Crippen molar-refractivity contribution in [2.75, 3.05) is 5.73 Å². The molecule has 0 saturated carbocycles. The molecule has 0 bridgehead atoms. The molecule has 0 unspecified atom stereocenters. The minimum Gasteiger partial charge on any atom is -0.492 e. The number of aromatic hydroxyl groups is 1. The Balaban J connectivity index is 3.53. The third-order valence-corrected chi connectivity index (χ3v) is 1.03. The Bertz CT molecular complexity index is 375. The van der Waals surface area contributed by atoms with Crippen LogP contribution >= 0.6 is 0 Å². The predicted molar refractivity (Wildman–Crippen MR) is 35.6 cm³/mol. The molecule has 0 atom stereocenters. The normalized spacial score (nSPS) is 9.00. The van der Waals surface area contributed by atoms with E-state index in [9.17, 15) is 4.79 Å². The highest BCUT2D eigenvalue weighted by molar-refractivity contribution is 5.37. The predicted octanol–water partition coefficient (Wildman–Crippen LogP) is -1.07. The van der Waals surface area contributed by atoms with Gasteiger partial charge in [-0.15, -0.1) is 0 Å². The van der Waals surface area contributed by atoms with E-state index in [0.717, 1.165) is 0 Å². The highest BCUT2D eigenvalue weighted by Gasteiger charge is 2.06. The maximum atomic E-state index is 10.7. The van der Waals surface area contributed by atoms with Gasteiger partial charge in [0.05, 0.1) is 0 Å². The molecule has 1 rings (SSSR count). The minimum absolute atomic E-state index is 0.216. The van der Waals surface area contributed by atoms with Crippen molar-refractivity contribution in [1.82, 2.24) is 9.97 Å². The summed E-state index contributed by atoms with van der Waals surface area (Å²) >= 11 is 0. The average Bonchev–Trinajstić information content (AvgIpc) is 1.85. The van der Waals surface area contributed by atoms with Crippen LogP contribution in [0.2, 0.25) is 0 Å². The van der Waals surface area contributed by atoms with E-state index in [2.05, 4.69) is 9.97 Å². The molecular formula is C5H4N4O2. The van der Waals surface area contributed by atoms with Crippen molar-refractivity contribution in [2.24, 2.45) is 0 Å². The van der Waals surface area contributed by atoms with Crippen molar-refractivity contribution < 1.29 is 5.11 Å². The Morgan fingerprint density at radius 2 is 2.36 bits per heavy atom. The molecule has 0 saturated heterocycles. The summed E-state index contributed by atoms with van der Waals surface area (Å²) in [6.45, 7) is 0. The molecule has 1 heterocycles. The van der Waals surface area contributed by atoms with E-state index >= 15 is 0 Å². The first kappa shape index (κ1) is 7.08. The van der Waals surface area contributed by atoms with Crippen LogP contribution in [0.25, 0.3) is 0 Å². The summed E-state index contributed by atoms with van der Waals surface area (Å²) in [5, 5.41) is 17.1. The average molecular weight is 152 g/mol. The largest absolute Gasteiger partial charge is 0.492 e. The summed E-state index contributed by atoms with van der Waals surface area (Å²) in [5.41, 5.74) is 3.88. The SMILES string of the molecule is N#Cc1c(O)nc(N)[nH]c1=O. The number of nitrogens with two attached hydrogens (primary N) is 1. The van der Waals surface area contributed by atoms with Gasteiger partial charge in [0, 0.05) is 0 Å². The number of rotatable bonds is 0. The van der Waals surface area contributed by atoms with Crippen LogP contribution in [0.1, 0.15) is 5.56 Å². The van der Waals surface area contributed by atoms with Gasteiger partial charge in [-0.25, -0.2) is 0 Å². The van der Waals surface area contributed by atoms with E-state index in [0.29, 0.717) is 0 Å². The smallest absolute Gasteiger partial charge is 0.274 e. The number of nitrogens with zero attached hydrogens (tertiary/aromatic N) is 2. The van der Waals surface area contributed by atoms with E-state index in [-0.39, 0.29) is 5.95 Å². The van der Waals surface area contributed by atoms with Crippen LogP contribution in [0, 0.1) is 11.3 Å². The molecule has 0 aromatic carbocycles. The van der Waals surface area contributed by atoms with Crippen molar-refractivity contribution >= 4 is 5.95 Å². The molecule has 56 valence electrons. The number of hydrogen-bond donors (Lipinski definition) is 3. The molecule has 0 aliphatic carbocycles. The second-order valence-corrected chi connectivity index (χ2v) is 1.76. The number of aromatic amines is 1. The third-order valence-electron chi connectivity index (χ3n) is 1.03. The summed E-state index contributed by atoms with van der Waals surface area (Å²) in [6, 6.07) is 1.48. The number of nitrogen functional groups attached to an aromatic ring is 1. The number of hydrogen-bond acceptors (Lipinski definition) is 5. The summed E-state index contributed by atoms with van der Waals surface area (Å²) in [5.74, 6) is -0.861. The van der Waals surface area contributed by atoms with Crippen molar-refractivity contribution in [2.45, 2.75) is 0 Å². The Morgan fingerprint density at radius 1 is 1.73 bits per heavy atom. The summed E-state index contributed by atoms with van der Waals surface area (Å²) < 4.78 is 0. The van der Waals surface area contributed by atoms with Gasteiger partial charge in [0.25, 0.3) is 5.56 Å². The number of nitriles is 1. The molecule has 6 nitrogen and oxygen atoms in total. The zero-order valence-electron chi connectivity index (χ0n) is 5.33. The number of aromatic nitrogens is 2. The summed E-state index contributed by atoms with van der Waals surface area (Å²) in [4.78, 5) is 16.1. The van der Waals surface area contributed by atoms with Crippen molar-refractivity contribution in [3.63, 3.8) is 0 Å². The minimum atomic E-state index is -0.738. The molecule has 0 amide bonds. The lowest BCUT2D eigenvalue weighted by Gasteiger charge is -1.93. The van der Waals surface area contributed by atoms with Gasteiger partial charge in [-0.3, -0.25) is 9.78 Å². The van der Waals surface area contributed by atoms with Crippen LogP contribution < -0.4 is 11.3 Å². The van der Waals surface area contributed by atoms with Gasteiger partial charge in [-0.2, -0.15) is 10.2 Å². The second kappa shape index (κ2) is 2.30. The summed E-state index contributed by atoms with van der Waals surface area (Å²) in [7, 11) is 0. The standard InChI is InChI=1S/C5H4N4O2/c6-1-2-3(10)8-5(7)9-4(2)11/h(H4,7,8,9,10,11). The molecule has 4 N–H and O–H groups in total. The van der Waals surface area contributed by atoms with Crippen LogP contribution in [-0.4, -0.2) is 15.1 Å². The fourth-order valence-corrected chi connectivity index (χ4v) is 0.579. The van der Waals surface area contributed by atoms with Crippen LogP contribution in [-0.2, 0) is 0 Å². The first-order valence-electron chi connectivity index (χ1n) is 2.64. The first-order chi connectivity index (χ1) is 5.15. The van der Waals surface area contributed by atoms with Crippen LogP contribution in [0.15, 0.2) is 4.79 Å². The third kappa shape index (κ3) is 1.11. The zero-order chi connectivity index (χ0) is 8.43. The lowest BCUT2D eigenvalue weighted by molar-refractivity contribution is 0.450. The topological polar surface area (TPSA) is 116 Å². The van der Waals surface area contributed by atoms with Gasteiger partial charge in [-0.1, -0.05) is 0 Å². The van der Waals surface area contributed by atoms with E-state index in [1.54, 1.807) is 0 Å². The summed E-state index contributed by atoms with van der Waals surface area (Å²) in [6.07, 6.45) is 0. The van der Waals surface area contributed by atoms with E-state index in [4.69, 9.17) is 16.1 Å². The molecule has 0 aliphatic rings. The maximum Gasteiger partial charge on any atom is 0.274 e. The molecular weight excluding hydrogens is 148 g/mol. The quantitative estimate of drug-likeness (QED) is 0.437. The second-order valence-electron chi connectivity index (χ2n) is 1.76. The zero-order valence-corrected chi connectivity index (χ0v) is 5.33. The van der Waals surface area contributed by atoms with Crippen LogP contribution in [0.5, 0.6) is 5.88 Å². The van der Waals surface area contributed by atoms with Gasteiger partial charge in [0.1, 0.15) is 6.07 Å². The van der Waals surface area contributed by atoms with Crippen LogP contribution in [0.3, 0.4) is 0 Å². The Hall–Kier alpha value is -2.03. The van der Waals surface area contributed by atoms with Gasteiger partial charge in [0.2, 0.25) is 11.8 Å². The van der Waals surface area contributed by atoms with Gasteiger partial charge in [0.15, 0.2) is 5.56 Å². The Morgan fingerprint density at radius 3 is 2.82 bits per heavy atom. The molecule has 0 fully saturated rings. The molecule has 0 aliphatic heterocycles. The Kier molecular flexibility index (Phi) is 1.48. The highest BCUT2D eigenvalue weighted by Crippen LogP contribution is 2.06. The lowest BCUT2D eigenvalue weighted by atomic mass is 10.3. The van der Waals surface area contributed by atoms with E-state index in [1.807, 2.05) is 0 Å². The molecule has 0 radical (unpaired) electrons. The van der Waals surface area contributed by atoms with Crippen molar-refractivity contribution in [3.8, 4) is 11.9 Å². The van der Waals surface area contributed by atoms with E-state index < -0.39 is 17.0 Å². The van der Waals surface area contributed by atoms with Gasteiger partial charge in [-0.05, 0) is 0 Å². The molecule has 1 aromatic heterocycles. The monoisotopic (exact) mass is 152 g/mol. The van der Waals surface area contributed by atoms with Gasteiger partial charge >= 0.3 is 0 Å². The van der Waals surface area contributed by atoms with Crippen molar-refractivity contribution in [1.29, 1.82) is 5.26 Å². The first-order valence-corrected chi connectivity index (χ1v) is 2.64. The maximum absolute atomic E-state index is 10.7. The molecule has 11 heavy (non-hydrogen) atoms. The van der Waals surface area contributed by atoms with Crippen LogP contribution in [0.4, 0.5) is 5.95 Å². The lowest BCUT2D eigenvalue weighted by Crippen LogP contribution is -2.13. The Labute approximate surface area is 60.9 Å². The van der Waals surface area contributed by atoms with Crippen molar-refractivity contribution in [3.05, 3.63) is 15.9 Å². The highest BCUT2D eigenvalue weighted by atomic mass is 16.3. The molecule has 0 spiro atoms. The number of H-pyrrole nitrogens is 1.